The molecule has 6 nitrogen and oxygen atoms in total. The predicted molar refractivity (Wildman–Crippen MR) is 87.6 cm³/mol. The summed E-state index contributed by atoms with van der Waals surface area (Å²) in [4.78, 5) is 1.11. The second-order valence-electron chi connectivity index (χ2n) is 5.07. The Hall–Kier alpha value is -2.03. The molecule has 0 saturated heterocycles. The highest BCUT2D eigenvalue weighted by Crippen LogP contribution is 2.23. The van der Waals surface area contributed by atoms with Crippen LogP contribution in [0, 0.1) is 13.8 Å². The summed E-state index contributed by atoms with van der Waals surface area (Å²) in [6.07, 6.45) is 0. The largest absolute Gasteiger partial charge is 0.418 e. The minimum Gasteiger partial charge on any atom is -0.418 e. The summed E-state index contributed by atoms with van der Waals surface area (Å²) in [5.74, 6) is 0.614. The molecule has 3 rings (SSSR count). The van der Waals surface area contributed by atoms with Crippen LogP contribution in [0.1, 0.15) is 17.0 Å². The van der Waals surface area contributed by atoms with E-state index >= 15 is 0 Å². The molecular weight excluding hydrogens is 334 g/mol. The van der Waals surface area contributed by atoms with E-state index in [1.165, 1.54) is 11.3 Å². The number of nitrogens with zero attached hydrogens (tertiary/aromatic N) is 2. The molecule has 0 aliphatic rings. The van der Waals surface area contributed by atoms with Crippen LogP contribution in [0.2, 0.25) is 0 Å². The molecule has 0 amide bonds. The second kappa shape index (κ2) is 6.23. The van der Waals surface area contributed by atoms with Crippen LogP contribution in [0.3, 0.4) is 0 Å². The first-order valence-corrected chi connectivity index (χ1v) is 9.25. The molecule has 0 bridgehead atoms. The molecule has 0 saturated carbocycles. The summed E-state index contributed by atoms with van der Waals surface area (Å²) in [5.41, 5.74) is 1.57. The minimum atomic E-state index is -3.63. The van der Waals surface area contributed by atoms with Crippen LogP contribution in [0.4, 0.5) is 0 Å². The average Bonchev–Trinajstić information content (AvgIpc) is 3.18. The number of rotatable bonds is 5. The SMILES string of the molecule is Cc1ccc(C)c(S(=O)(=O)NCc2nnc(-c3cccs3)o2)c1. The first-order valence-electron chi connectivity index (χ1n) is 6.89. The van der Waals surface area contributed by atoms with Crippen LogP contribution in [0.15, 0.2) is 45.0 Å². The Balaban J connectivity index is 1.76. The molecule has 1 aromatic carbocycles. The van der Waals surface area contributed by atoms with Gasteiger partial charge in [0.15, 0.2) is 0 Å². The highest BCUT2D eigenvalue weighted by molar-refractivity contribution is 7.89. The molecule has 0 unspecified atom stereocenters. The van der Waals surface area contributed by atoms with Gasteiger partial charge in [-0.2, -0.15) is 0 Å². The van der Waals surface area contributed by atoms with Gasteiger partial charge in [-0.1, -0.05) is 18.2 Å². The van der Waals surface area contributed by atoms with Gasteiger partial charge < -0.3 is 4.42 Å². The van der Waals surface area contributed by atoms with Crippen LogP contribution in [0.25, 0.3) is 10.8 Å². The standard InChI is InChI=1S/C15H15N3O3S2/c1-10-5-6-11(2)13(8-10)23(19,20)16-9-14-17-18-15(21-14)12-4-3-7-22-12/h3-8,16H,9H2,1-2H3. The number of benzene rings is 1. The van der Waals surface area contributed by atoms with Gasteiger partial charge in [0.25, 0.3) is 5.89 Å². The fraction of sp³-hybridized carbons (Fsp3) is 0.200. The van der Waals surface area contributed by atoms with Crippen molar-refractivity contribution in [1.82, 2.24) is 14.9 Å². The molecular formula is C15H15N3O3S2. The number of aryl methyl sites for hydroxylation is 2. The van der Waals surface area contributed by atoms with Crippen molar-refractivity contribution < 1.29 is 12.8 Å². The lowest BCUT2D eigenvalue weighted by Gasteiger charge is -2.08. The van der Waals surface area contributed by atoms with Crippen LogP contribution in [-0.4, -0.2) is 18.6 Å². The molecule has 0 spiro atoms. The summed E-state index contributed by atoms with van der Waals surface area (Å²) in [6.45, 7) is 3.56. The lowest BCUT2D eigenvalue weighted by Crippen LogP contribution is -2.24. The molecule has 0 fully saturated rings. The fourth-order valence-electron chi connectivity index (χ4n) is 2.06. The lowest BCUT2D eigenvalue weighted by atomic mass is 10.2. The Morgan fingerprint density at radius 2 is 2.04 bits per heavy atom. The summed E-state index contributed by atoms with van der Waals surface area (Å²) in [7, 11) is -3.63. The van der Waals surface area contributed by atoms with Crippen molar-refractivity contribution in [3.63, 3.8) is 0 Å². The second-order valence-corrected chi connectivity index (χ2v) is 7.75. The number of nitrogens with one attached hydrogen (secondary N) is 1. The molecule has 0 radical (unpaired) electrons. The fourth-order valence-corrected chi connectivity index (χ4v) is 4.00. The first kappa shape index (κ1) is 15.9. The third-order valence-corrected chi connectivity index (χ3v) is 5.65. The summed E-state index contributed by atoms with van der Waals surface area (Å²) >= 11 is 1.48. The number of sulfonamides is 1. The lowest BCUT2D eigenvalue weighted by molar-refractivity contribution is 0.495. The van der Waals surface area contributed by atoms with Gasteiger partial charge in [0.1, 0.15) is 0 Å². The molecule has 2 aromatic heterocycles. The molecule has 0 aliphatic heterocycles. The summed E-state index contributed by atoms with van der Waals surface area (Å²) in [6, 6.07) is 9.04. The molecule has 120 valence electrons. The zero-order valence-electron chi connectivity index (χ0n) is 12.6. The summed E-state index contributed by atoms with van der Waals surface area (Å²) < 4.78 is 32.8. The van der Waals surface area contributed by atoms with E-state index in [4.69, 9.17) is 4.42 Å². The van der Waals surface area contributed by atoms with Crippen LogP contribution < -0.4 is 4.72 Å². The van der Waals surface area contributed by atoms with E-state index in [0.717, 1.165) is 10.4 Å². The molecule has 8 heteroatoms. The Kier molecular flexibility index (Phi) is 4.29. The van der Waals surface area contributed by atoms with E-state index in [9.17, 15) is 8.42 Å². The van der Waals surface area contributed by atoms with Crippen molar-refractivity contribution in [3.8, 4) is 10.8 Å². The Bertz CT molecular complexity index is 915. The van der Waals surface area contributed by atoms with E-state index in [1.807, 2.05) is 30.5 Å². The molecule has 23 heavy (non-hydrogen) atoms. The van der Waals surface area contributed by atoms with E-state index in [2.05, 4.69) is 14.9 Å². The molecule has 1 N–H and O–H groups in total. The molecule has 0 aliphatic carbocycles. The highest BCUT2D eigenvalue weighted by atomic mass is 32.2. The van der Waals surface area contributed by atoms with E-state index < -0.39 is 10.0 Å². The van der Waals surface area contributed by atoms with Gasteiger partial charge in [-0.25, -0.2) is 13.1 Å². The number of hydrogen-bond acceptors (Lipinski definition) is 6. The number of aromatic nitrogens is 2. The highest BCUT2D eigenvalue weighted by Gasteiger charge is 2.18. The van der Waals surface area contributed by atoms with Gasteiger partial charge in [0.05, 0.1) is 16.3 Å². The zero-order chi connectivity index (χ0) is 16.4. The zero-order valence-corrected chi connectivity index (χ0v) is 14.2. The maximum atomic E-state index is 12.4. The van der Waals surface area contributed by atoms with Crippen LogP contribution in [-0.2, 0) is 16.6 Å². The van der Waals surface area contributed by atoms with Gasteiger partial charge in [0, 0.05) is 0 Å². The average molecular weight is 349 g/mol. The van der Waals surface area contributed by atoms with Gasteiger partial charge in [-0.3, -0.25) is 0 Å². The Labute approximate surface area is 138 Å². The van der Waals surface area contributed by atoms with Crippen LogP contribution >= 0.6 is 11.3 Å². The van der Waals surface area contributed by atoms with Crippen molar-refractivity contribution >= 4 is 21.4 Å². The van der Waals surface area contributed by atoms with Gasteiger partial charge in [0.2, 0.25) is 15.9 Å². The molecule has 3 aromatic rings. The van der Waals surface area contributed by atoms with E-state index in [1.54, 1.807) is 19.1 Å². The molecule has 0 atom stereocenters. The normalized spacial score (nSPS) is 11.7. The van der Waals surface area contributed by atoms with E-state index in [0.29, 0.717) is 11.5 Å². The third-order valence-electron chi connectivity index (χ3n) is 3.25. The number of thiophene rings is 1. The Morgan fingerprint density at radius 3 is 2.78 bits per heavy atom. The topological polar surface area (TPSA) is 85.1 Å². The van der Waals surface area contributed by atoms with Crippen molar-refractivity contribution in [1.29, 1.82) is 0 Å². The predicted octanol–water partition coefficient (Wildman–Crippen LogP) is 2.89. The van der Waals surface area contributed by atoms with Gasteiger partial charge in [-0.05, 0) is 42.5 Å². The quantitative estimate of drug-likeness (QED) is 0.765. The van der Waals surface area contributed by atoms with Gasteiger partial charge in [-0.15, -0.1) is 21.5 Å². The Morgan fingerprint density at radius 1 is 1.22 bits per heavy atom. The number of hydrogen-bond donors (Lipinski definition) is 1. The van der Waals surface area contributed by atoms with Crippen molar-refractivity contribution in [2.75, 3.05) is 0 Å². The summed E-state index contributed by atoms with van der Waals surface area (Å²) in [5, 5.41) is 9.70. The van der Waals surface area contributed by atoms with Gasteiger partial charge >= 0.3 is 0 Å². The maximum absolute atomic E-state index is 12.4. The van der Waals surface area contributed by atoms with Crippen molar-refractivity contribution in [2.45, 2.75) is 25.3 Å². The monoisotopic (exact) mass is 349 g/mol. The maximum Gasteiger partial charge on any atom is 0.257 e. The van der Waals surface area contributed by atoms with E-state index in [-0.39, 0.29) is 17.3 Å². The van der Waals surface area contributed by atoms with Crippen LogP contribution in [0.5, 0.6) is 0 Å². The smallest absolute Gasteiger partial charge is 0.257 e. The van der Waals surface area contributed by atoms with Crippen molar-refractivity contribution in [3.05, 3.63) is 52.7 Å². The minimum absolute atomic E-state index is 0.0475. The molecule has 2 heterocycles. The van der Waals surface area contributed by atoms with Crippen molar-refractivity contribution in [2.24, 2.45) is 0 Å². The first-order chi connectivity index (χ1) is 11.0. The third kappa shape index (κ3) is 3.49.